The third-order valence-corrected chi connectivity index (χ3v) is 11.5. The number of carbonyl (C=O) groups is 1. The van der Waals surface area contributed by atoms with E-state index in [9.17, 15) is 9.18 Å². The molecule has 2 unspecified atom stereocenters. The van der Waals surface area contributed by atoms with Crippen LogP contribution in [0.1, 0.15) is 43.4 Å². The highest BCUT2D eigenvalue weighted by Gasteiger charge is 2.50. The number of aromatic nitrogens is 4. The van der Waals surface area contributed by atoms with Gasteiger partial charge in [0.25, 0.3) is 5.91 Å². The summed E-state index contributed by atoms with van der Waals surface area (Å²) in [7, 11) is 0. The first-order valence-corrected chi connectivity index (χ1v) is 18.1. The number of carbonyl (C=O) groups excluding carboxylic acids is 1. The van der Waals surface area contributed by atoms with E-state index in [0.29, 0.717) is 72.3 Å². The van der Waals surface area contributed by atoms with Gasteiger partial charge in [0.05, 0.1) is 28.7 Å². The number of nitrogens with zero attached hydrogens (tertiary/aromatic N) is 7. The maximum Gasteiger partial charge on any atom is 0.319 e. The van der Waals surface area contributed by atoms with Crippen LogP contribution in [0.4, 0.5) is 19.0 Å². The normalized spacial score (nSPS) is 24.2. The van der Waals surface area contributed by atoms with Gasteiger partial charge in [-0.15, -0.1) is 6.42 Å². The van der Waals surface area contributed by atoms with E-state index in [-0.39, 0.29) is 35.9 Å². The second-order valence-electron chi connectivity index (χ2n) is 14.4. The minimum absolute atomic E-state index is 0.0203. The van der Waals surface area contributed by atoms with E-state index in [1.54, 1.807) is 41.6 Å². The Labute approximate surface area is 304 Å². The predicted octanol–water partition coefficient (Wildman–Crippen LogP) is 6.51. The molecule has 0 spiro atoms. The molecule has 9 nitrogen and oxygen atoms in total. The van der Waals surface area contributed by atoms with Gasteiger partial charge in [-0.25, -0.2) is 13.2 Å². The predicted molar refractivity (Wildman–Crippen MR) is 196 cm³/mol. The summed E-state index contributed by atoms with van der Waals surface area (Å²) in [5.41, 5.74) is 1.15. The van der Waals surface area contributed by atoms with E-state index in [1.807, 2.05) is 35.2 Å². The lowest BCUT2D eigenvalue weighted by Gasteiger charge is -2.31. The van der Waals surface area contributed by atoms with Crippen molar-refractivity contribution in [3.05, 3.63) is 89.9 Å². The van der Waals surface area contributed by atoms with Crippen molar-refractivity contribution in [2.75, 3.05) is 37.7 Å². The van der Waals surface area contributed by atoms with Crippen molar-refractivity contribution >= 4 is 39.5 Å². The Hall–Kier alpha value is -5.54. The Morgan fingerprint density at radius 3 is 2.72 bits per heavy atom. The van der Waals surface area contributed by atoms with Gasteiger partial charge in [0.1, 0.15) is 29.8 Å². The number of likely N-dealkylation sites (tertiary alicyclic amines) is 1. The molecule has 7 heterocycles. The standard InChI is InChI=1S/C41H36F3N7O2/c1-2-25-8-5-9-26-10-6-12-29(34(25)26)36-35(44)37-30(22-46-36)38(48-40(47-37)53-24-41-15-7-17-49(41)23-27(42)21-41)50-18-13-33-32(50)14-19-51(33)39(52)31(43)20-28-11-3-4-16-45-28/h1,3-6,8-12,16,20,22,27,32-33H,7,13-15,17-19,21,23-24H2/b31-20-/t27-,32?,33?,41+/m1/s1. The van der Waals surface area contributed by atoms with Crippen molar-refractivity contribution in [3.8, 4) is 29.6 Å². The van der Waals surface area contributed by atoms with Gasteiger partial charge in [-0.3, -0.25) is 19.7 Å². The molecule has 5 aromatic rings. The van der Waals surface area contributed by atoms with E-state index in [1.165, 1.54) is 0 Å². The third-order valence-electron chi connectivity index (χ3n) is 11.5. The number of fused-ring (bicyclic) bond motifs is 4. The Balaban J connectivity index is 1.10. The zero-order chi connectivity index (χ0) is 36.3. The van der Waals surface area contributed by atoms with Crippen LogP contribution in [-0.4, -0.2) is 92.2 Å². The minimum atomic E-state index is -0.940. The Morgan fingerprint density at radius 2 is 1.89 bits per heavy atom. The smallest absolute Gasteiger partial charge is 0.319 e. The van der Waals surface area contributed by atoms with Crippen molar-refractivity contribution in [1.82, 2.24) is 29.7 Å². The molecule has 4 aliphatic heterocycles. The number of hydrogen-bond acceptors (Lipinski definition) is 8. The first-order chi connectivity index (χ1) is 25.8. The van der Waals surface area contributed by atoms with Crippen LogP contribution in [0.15, 0.2) is 72.8 Å². The fourth-order valence-corrected chi connectivity index (χ4v) is 9.09. The number of pyridine rings is 2. The maximum absolute atomic E-state index is 17.0. The number of alkyl halides is 1. The quantitative estimate of drug-likeness (QED) is 0.139. The monoisotopic (exact) mass is 715 g/mol. The molecule has 0 aliphatic carbocycles. The molecule has 268 valence electrons. The highest BCUT2D eigenvalue weighted by atomic mass is 19.1. The average Bonchev–Trinajstić information content (AvgIpc) is 3.95. The topological polar surface area (TPSA) is 87.6 Å². The molecule has 3 aromatic heterocycles. The van der Waals surface area contributed by atoms with Gasteiger partial charge in [-0.05, 0) is 55.8 Å². The molecule has 4 aliphatic rings. The van der Waals surface area contributed by atoms with E-state index in [0.717, 1.165) is 30.8 Å². The second kappa shape index (κ2) is 13.1. The zero-order valence-corrected chi connectivity index (χ0v) is 28.9. The Kier molecular flexibility index (Phi) is 8.26. The van der Waals surface area contributed by atoms with Crippen LogP contribution in [0.25, 0.3) is 39.0 Å². The minimum Gasteiger partial charge on any atom is -0.461 e. The summed E-state index contributed by atoms with van der Waals surface area (Å²) < 4.78 is 53.2. The van der Waals surface area contributed by atoms with Crippen molar-refractivity contribution in [3.63, 3.8) is 0 Å². The lowest BCUT2D eigenvalue weighted by atomic mass is 9.95. The molecule has 1 amide bonds. The number of terminal acetylenes is 1. The fraction of sp³-hybridized carbons (Fsp3) is 0.341. The largest absolute Gasteiger partial charge is 0.461 e. The lowest BCUT2D eigenvalue weighted by molar-refractivity contribution is -0.129. The molecule has 4 saturated heterocycles. The fourth-order valence-electron chi connectivity index (χ4n) is 9.09. The van der Waals surface area contributed by atoms with Crippen molar-refractivity contribution < 1.29 is 22.7 Å². The molecule has 0 saturated carbocycles. The molecule has 4 atom stereocenters. The molecular formula is C41H36F3N7O2. The number of amides is 1. The summed E-state index contributed by atoms with van der Waals surface area (Å²) in [5.74, 6) is 0.917. The Morgan fingerprint density at radius 1 is 1.04 bits per heavy atom. The summed E-state index contributed by atoms with van der Waals surface area (Å²) in [6, 6.07) is 15.7. The van der Waals surface area contributed by atoms with Crippen LogP contribution >= 0.6 is 0 Å². The summed E-state index contributed by atoms with van der Waals surface area (Å²) in [6.07, 6.45) is 12.4. The molecule has 0 N–H and O–H groups in total. The molecule has 9 rings (SSSR count). The summed E-state index contributed by atoms with van der Waals surface area (Å²) >= 11 is 0. The van der Waals surface area contributed by atoms with Crippen molar-refractivity contribution in [2.45, 2.75) is 55.9 Å². The number of anilines is 1. The second-order valence-corrected chi connectivity index (χ2v) is 14.4. The van der Waals surface area contributed by atoms with Crippen LogP contribution in [0.5, 0.6) is 6.01 Å². The SMILES string of the molecule is C#Cc1cccc2cccc(-c3ncc4c(N5CCC6C5CCN6C(=O)/C(F)=C/c5ccccn5)nc(OC[C@@]56CCCN5C[C@H](F)C6)nc4c3F)c12. The van der Waals surface area contributed by atoms with Crippen LogP contribution in [0, 0.1) is 18.2 Å². The molecule has 0 bridgehead atoms. The number of benzene rings is 2. The van der Waals surface area contributed by atoms with Crippen molar-refractivity contribution in [1.29, 1.82) is 0 Å². The van der Waals surface area contributed by atoms with E-state index >= 15 is 8.78 Å². The van der Waals surface area contributed by atoms with Gasteiger partial charge < -0.3 is 14.5 Å². The summed E-state index contributed by atoms with van der Waals surface area (Å²) in [6.45, 7) is 2.16. The van der Waals surface area contributed by atoms with Gasteiger partial charge in [-0.1, -0.05) is 42.3 Å². The van der Waals surface area contributed by atoms with Gasteiger partial charge in [0, 0.05) is 61.0 Å². The van der Waals surface area contributed by atoms with Gasteiger partial charge in [0.15, 0.2) is 11.6 Å². The lowest BCUT2D eigenvalue weighted by Crippen LogP contribution is -2.43. The highest BCUT2D eigenvalue weighted by Crippen LogP contribution is 2.43. The van der Waals surface area contributed by atoms with E-state index < -0.39 is 29.3 Å². The maximum atomic E-state index is 17.0. The number of halogens is 3. The number of hydrogen-bond donors (Lipinski definition) is 0. The van der Waals surface area contributed by atoms with E-state index in [4.69, 9.17) is 16.1 Å². The van der Waals surface area contributed by atoms with Gasteiger partial charge in [0.2, 0.25) is 0 Å². The number of rotatable bonds is 7. The van der Waals surface area contributed by atoms with Crippen LogP contribution in [0.3, 0.4) is 0 Å². The van der Waals surface area contributed by atoms with E-state index in [2.05, 4.69) is 25.8 Å². The van der Waals surface area contributed by atoms with Crippen molar-refractivity contribution in [2.24, 2.45) is 0 Å². The zero-order valence-electron chi connectivity index (χ0n) is 28.9. The molecule has 12 heteroatoms. The van der Waals surface area contributed by atoms with Gasteiger partial charge >= 0.3 is 6.01 Å². The number of ether oxygens (including phenoxy) is 1. The van der Waals surface area contributed by atoms with Crippen LogP contribution in [0.2, 0.25) is 0 Å². The highest BCUT2D eigenvalue weighted by molar-refractivity contribution is 6.02. The Bertz CT molecular complexity index is 2330. The molecule has 2 aromatic carbocycles. The summed E-state index contributed by atoms with van der Waals surface area (Å²) in [4.78, 5) is 37.4. The van der Waals surface area contributed by atoms with Crippen LogP contribution < -0.4 is 9.64 Å². The van der Waals surface area contributed by atoms with Crippen LogP contribution in [-0.2, 0) is 4.79 Å². The van der Waals surface area contributed by atoms with Gasteiger partial charge in [-0.2, -0.15) is 9.97 Å². The molecule has 0 radical (unpaired) electrons. The first-order valence-electron chi connectivity index (χ1n) is 18.1. The first kappa shape index (κ1) is 33.3. The summed E-state index contributed by atoms with van der Waals surface area (Å²) in [5, 5.41) is 1.94. The molecule has 53 heavy (non-hydrogen) atoms. The average molecular weight is 716 g/mol. The third kappa shape index (κ3) is 5.65. The molecular weight excluding hydrogens is 679 g/mol. The molecule has 4 fully saturated rings.